The molecule has 0 bridgehead atoms. The van der Waals surface area contributed by atoms with E-state index < -0.39 is 11.3 Å². The number of hydrogen-bond donors (Lipinski definition) is 1. The number of aromatic nitrogens is 2. The van der Waals surface area contributed by atoms with E-state index >= 15 is 0 Å². The molecule has 0 saturated carbocycles. The largest absolute Gasteiger partial charge is 0.320 e. The van der Waals surface area contributed by atoms with Crippen LogP contribution >= 0.6 is 11.6 Å². The second-order valence-electron chi connectivity index (χ2n) is 6.19. The molecule has 1 N–H and O–H groups in total. The summed E-state index contributed by atoms with van der Waals surface area (Å²) in [4.78, 5) is 25.1. The van der Waals surface area contributed by atoms with Gasteiger partial charge >= 0.3 is 0 Å². The highest BCUT2D eigenvalue weighted by Gasteiger charge is 2.17. The highest BCUT2D eigenvalue weighted by molar-refractivity contribution is 6.31. The van der Waals surface area contributed by atoms with E-state index in [1.54, 1.807) is 25.2 Å². The van der Waals surface area contributed by atoms with Gasteiger partial charge in [0.25, 0.3) is 5.91 Å². The lowest BCUT2D eigenvalue weighted by atomic mass is 10.0. The molecule has 1 amide bonds. The van der Waals surface area contributed by atoms with Gasteiger partial charge in [0.2, 0.25) is 5.43 Å². The molecular formula is C19H18ClN3O2. The number of nitrogens with one attached hydrogen (secondary N) is 1. The van der Waals surface area contributed by atoms with Crippen LogP contribution in [-0.2, 0) is 7.05 Å². The minimum atomic E-state index is -0.542. The molecule has 0 fully saturated rings. The number of anilines is 1. The van der Waals surface area contributed by atoms with E-state index in [2.05, 4.69) is 24.3 Å². The number of carbonyl (C=O) groups is 1. The third-order valence-electron chi connectivity index (χ3n) is 4.07. The molecule has 0 aliphatic carbocycles. The Kier molecular flexibility index (Phi) is 4.59. The van der Waals surface area contributed by atoms with Crippen LogP contribution in [0.3, 0.4) is 0 Å². The van der Waals surface area contributed by atoms with Crippen LogP contribution in [0.2, 0.25) is 5.02 Å². The third-order valence-corrected chi connectivity index (χ3v) is 4.30. The smallest absolute Gasteiger partial charge is 0.280 e. The van der Waals surface area contributed by atoms with Crippen molar-refractivity contribution in [2.24, 2.45) is 7.05 Å². The monoisotopic (exact) mass is 355 g/mol. The van der Waals surface area contributed by atoms with Crippen molar-refractivity contribution in [3.05, 3.63) is 69.0 Å². The Morgan fingerprint density at radius 2 is 1.84 bits per heavy atom. The zero-order valence-electron chi connectivity index (χ0n) is 14.2. The zero-order chi connectivity index (χ0) is 18.1. The van der Waals surface area contributed by atoms with E-state index in [4.69, 9.17) is 11.6 Å². The first-order valence-electron chi connectivity index (χ1n) is 7.94. The van der Waals surface area contributed by atoms with Crippen molar-refractivity contribution in [1.82, 2.24) is 9.78 Å². The molecular weight excluding hydrogens is 338 g/mol. The van der Waals surface area contributed by atoms with Gasteiger partial charge in [-0.1, -0.05) is 37.6 Å². The predicted octanol–water partition coefficient (Wildman–Crippen LogP) is 3.96. The molecule has 0 atom stereocenters. The molecule has 0 aliphatic rings. The Labute approximate surface area is 150 Å². The number of rotatable bonds is 3. The van der Waals surface area contributed by atoms with Crippen molar-refractivity contribution < 1.29 is 4.79 Å². The highest BCUT2D eigenvalue weighted by atomic mass is 35.5. The highest BCUT2D eigenvalue weighted by Crippen LogP contribution is 2.18. The molecule has 0 aliphatic heterocycles. The number of halogens is 1. The lowest BCUT2D eigenvalue weighted by molar-refractivity contribution is 0.101. The van der Waals surface area contributed by atoms with E-state index in [-0.39, 0.29) is 5.69 Å². The maximum atomic E-state index is 12.6. The molecule has 3 rings (SSSR count). The summed E-state index contributed by atoms with van der Waals surface area (Å²) in [5.74, 6) is -0.135. The van der Waals surface area contributed by atoms with Crippen LogP contribution < -0.4 is 10.7 Å². The molecule has 5 nitrogen and oxygen atoms in total. The van der Waals surface area contributed by atoms with Gasteiger partial charge in [0.1, 0.15) is 0 Å². The Bertz CT molecular complexity index is 1010. The first-order chi connectivity index (χ1) is 11.9. The summed E-state index contributed by atoms with van der Waals surface area (Å²) in [6, 6.07) is 12.5. The number of carbonyl (C=O) groups excluding carboxylic acids is 1. The lowest BCUT2D eigenvalue weighted by Gasteiger charge is -2.10. The Morgan fingerprint density at radius 3 is 2.48 bits per heavy atom. The van der Waals surface area contributed by atoms with E-state index in [9.17, 15) is 9.59 Å². The van der Waals surface area contributed by atoms with Crippen molar-refractivity contribution in [2.75, 3.05) is 5.32 Å². The van der Waals surface area contributed by atoms with Gasteiger partial charge in [0, 0.05) is 17.8 Å². The molecule has 1 heterocycles. The van der Waals surface area contributed by atoms with Crippen molar-refractivity contribution in [1.29, 1.82) is 0 Å². The maximum absolute atomic E-state index is 12.6. The van der Waals surface area contributed by atoms with Crippen molar-refractivity contribution in [3.8, 4) is 0 Å². The standard InChI is InChI=1S/C19H18ClN3O2/c1-11(2)12-4-7-14(8-5-12)21-19(25)17-18(24)15-10-13(20)6-9-16(15)23(3)22-17/h4-11H,1-3H3,(H,21,25). The second kappa shape index (κ2) is 6.69. The van der Waals surface area contributed by atoms with Crippen LogP contribution in [0, 0.1) is 0 Å². The van der Waals surface area contributed by atoms with Gasteiger partial charge in [-0.3, -0.25) is 14.3 Å². The molecule has 128 valence electrons. The van der Waals surface area contributed by atoms with E-state index in [1.165, 1.54) is 10.2 Å². The molecule has 3 aromatic rings. The first kappa shape index (κ1) is 17.2. The first-order valence-corrected chi connectivity index (χ1v) is 8.32. The molecule has 25 heavy (non-hydrogen) atoms. The van der Waals surface area contributed by atoms with Crippen LogP contribution in [0.25, 0.3) is 10.9 Å². The van der Waals surface area contributed by atoms with Gasteiger partial charge in [-0.15, -0.1) is 0 Å². The van der Waals surface area contributed by atoms with Crippen LogP contribution in [0.5, 0.6) is 0 Å². The van der Waals surface area contributed by atoms with Gasteiger partial charge in [0.05, 0.1) is 10.9 Å². The van der Waals surface area contributed by atoms with Crippen LogP contribution in [0.1, 0.15) is 35.8 Å². The SMILES string of the molecule is CC(C)c1ccc(NC(=O)c2nn(C)c3ccc(Cl)cc3c2=O)cc1. The fraction of sp³-hybridized carbons (Fsp3) is 0.211. The topological polar surface area (TPSA) is 64.0 Å². The second-order valence-corrected chi connectivity index (χ2v) is 6.63. The summed E-state index contributed by atoms with van der Waals surface area (Å²) >= 11 is 5.98. The number of hydrogen-bond acceptors (Lipinski definition) is 3. The number of nitrogens with zero attached hydrogens (tertiary/aromatic N) is 2. The Hall–Kier alpha value is -2.66. The average molecular weight is 356 g/mol. The lowest BCUT2D eigenvalue weighted by Crippen LogP contribution is -2.26. The van der Waals surface area contributed by atoms with Crippen molar-refractivity contribution >= 4 is 34.1 Å². The summed E-state index contributed by atoms with van der Waals surface area (Å²) in [5, 5.41) is 7.65. The van der Waals surface area contributed by atoms with Crippen LogP contribution in [-0.4, -0.2) is 15.7 Å². The Morgan fingerprint density at radius 1 is 1.16 bits per heavy atom. The summed E-state index contributed by atoms with van der Waals surface area (Å²) in [6.45, 7) is 4.20. The fourth-order valence-corrected chi connectivity index (χ4v) is 2.81. The summed E-state index contributed by atoms with van der Waals surface area (Å²) in [5.41, 5.74) is 1.81. The normalized spacial score (nSPS) is 11.1. The van der Waals surface area contributed by atoms with Gasteiger partial charge < -0.3 is 5.32 Å². The van der Waals surface area contributed by atoms with Gasteiger partial charge in [-0.05, 0) is 41.8 Å². The van der Waals surface area contributed by atoms with E-state index in [0.717, 1.165) is 0 Å². The summed E-state index contributed by atoms with van der Waals surface area (Å²) in [6.07, 6.45) is 0. The number of fused-ring (bicyclic) bond motifs is 1. The number of amides is 1. The molecule has 0 unspecified atom stereocenters. The van der Waals surface area contributed by atoms with Crippen molar-refractivity contribution in [2.45, 2.75) is 19.8 Å². The molecule has 0 radical (unpaired) electrons. The number of aryl methyl sites for hydroxylation is 1. The van der Waals surface area contributed by atoms with E-state index in [1.807, 2.05) is 24.3 Å². The molecule has 2 aromatic carbocycles. The van der Waals surface area contributed by atoms with E-state index in [0.29, 0.717) is 27.5 Å². The minimum absolute atomic E-state index is 0.162. The van der Waals surface area contributed by atoms with Gasteiger partial charge in [-0.25, -0.2) is 0 Å². The minimum Gasteiger partial charge on any atom is -0.320 e. The number of benzene rings is 2. The summed E-state index contributed by atoms with van der Waals surface area (Å²) in [7, 11) is 1.68. The van der Waals surface area contributed by atoms with Gasteiger partial charge in [0.15, 0.2) is 5.69 Å². The van der Waals surface area contributed by atoms with Gasteiger partial charge in [-0.2, -0.15) is 5.10 Å². The molecule has 0 spiro atoms. The molecule has 6 heteroatoms. The predicted molar refractivity (Wildman–Crippen MR) is 100 cm³/mol. The average Bonchev–Trinajstić information content (AvgIpc) is 2.58. The molecule has 0 saturated heterocycles. The van der Waals surface area contributed by atoms with Crippen LogP contribution in [0.4, 0.5) is 5.69 Å². The fourth-order valence-electron chi connectivity index (χ4n) is 2.64. The van der Waals surface area contributed by atoms with Crippen molar-refractivity contribution in [3.63, 3.8) is 0 Å². The third kappa shape index (κ3) is 3.42. The summed E-state index contributed by atoms with van der Waals surface area (Å²) < 4.78 is 1.50. The van der Waals surface area contributed by atoms with Crippen LogP contribution in [0.15, 0.2) is 47.3 Å². The quantitative estimate of drug-likeness (QED) is 0.773. The molecule has 1 aromatic heterocycles. The maximum Gasteiger partial charge on any atom is 0.280 e. The Balaban J connectivity index is 1.97. The zero-order valence-corrected chi connectivity index (χ0v) is 15.0.